The summed E-state index contributed by atoms with van der Waals surface area (Å²) in [7, 11) is 3.88. The highest BCUT2D eigenvalue weighted by molar-refractivity contribution is 5.42. The molecule has 0 amide bonds. The van der Waals surface area contributed by atoms with E-state index < -0.39 is 17.5 Å². The van der Waals surface area contributed by atoms with Gasteiger partial charge in [-0.1, -0.05) is 24.3 Å². The molecule has 5 heteroatoms. The monoisotopic (exact) mass is 342 g/mol. The summed E-state index contributed by atoms with van der Waals surface area (Å²) in [4.78, 5) is 2.00. The molecule has 0 spiro atoms. The average Bonchev–Trinajstić information content (AvgIpc) is 2.61. The Morgan fingerprint density at radius 1 is 1.16 bits per heavy atom. The first-order valence-electron chi connectivity index (χ1n) is 8.19. The maximum Gasteiger partial charge on any atom is 0.140 e. The quantitative estimate of drug-likeness (QED) is 0.812. The molecule has 0 aromatic heterocycles. The van der Waals surface area contributed by atoms with Crippen LogP contribution in [0.25, 0.3) is 0 Å². The molecule has 2 rings (SSSR count). The summed E-state index contributed by atoms with van der Waals surface area (Å²) in [6.45, 7) is 0.773. The molecule has 0 saturated carbocycles. The zero-order chi connectivity index (χ0) is 18.4. The second-order valence-corrected chi connectivity index (χ2v) is 6.43. The topological polar surface area (TPSA) is 67.5 Å². The zero-order valence-corrected chi connectivity index (χ0v) is 14.5. The van der Waals surface area contributed by atoms with Crippen LogP contribution in [0.1, 0.15) is 29.5 Å². The lowest BCUT2D eigenvalue weighted by Crippen LogP contribution is -2.41. The van der Waals surface area contributed by atoms with Gasteiger partial charge in [0.05, 0.1) is 17.7 Å². The van der Waals surface area contributed by atoms with E-state index in [0.717, 1.165) is 6.54 Å². The Bertz CT molecular complexity index is 740. The SMILES string of the molecule is CN(C)CCCC(O)C(O)(c1ccc(F)cc1)c1cccc(C#N)c1. The maximum absolute atomic E-state index is 13.3. The molecule has 0 aliphatic rings. The second-order valence-electron chi connectivity index (χ2n) is 6.43. The molecule has 0 saturated heterocycles. The van der Waals surface area contributed by atoms with Crippen LogP contribution in [0.4, 0.5) is 4.39 Å². The fourth-order valence-electron chi connectivity index (χ4n) is 2.89. The van der Waals surface area contributed by atoms with Crippen LogP contribution in [0.15, 0.2) is 48.5 Å². The summed E-state index contributed by atoms with van der Waals surface area (Å²) in [5.41, 5.74) is -0.525. The molecule has 2 atom stereocenters. The lowest BCUT2D eigenvalue weighted by Gasteiger charge is -2.34. The minimum Gasteiger partial charge on any atom is -0.389 e. The summed E-state index contributed by atoms with van der Waals surface area (Å²) in [6, 6.07) is 14.0. The Morgan fingerprint density at radius 2 is 1.84 bits per heavy atom. The van der Waals surface area contributed by atoms with E-state index in [0.29, 0.717) is 29.5 Å². The van der Waals surface area contributed by atoms with Gasteiger partial charge >= 0.3 is 0 Å². The highest BCUT2D eigenvalue weighted by Gasteiger charge is 2.39. The fraction of sp³-hybridized carbons (Fsp3) is 0.350. The van der Waals surface area contributed by atoms with E-state index in [1.165, 1.54) is 24.3 Å². The van der Waals surface area contributed by atoms with Gasteiger partial charge in [-0.15, -0.1) is 0 Å². The lowest BCUT2D eigenvalue weighted by molar-refractivity contribution is -0.0545. The number of hydrogen-bond donors (Lipinski definition) is 2. The van der Waals surface area contributed by atoms with Crippen molar-refractivity contribution in [2.75, 3.05) is 20.6 Å². The minimum atomic E-state index is -1.72. The van der Waals surface area contributed by atoms with Crippen molar-refractivity contribution < 1.29 is 14.6 Å². The van der Waals surface area contributed by atoms with E-state index in [-0.39, 0.29) is 0 Å². The van der Waals surface area contributed by atoms with E-state index in [1.807, 2.05) is 25.1 Å². The molecule has 0 aliphatic heterocycles. The summed E-state index contributed by atoms with van der Waals surface area (Å²) in [6.07, 6.45) is -0.0369. The van der Waals surface area contributed by atoms with Gasteiger partial charge in [0, 0.05) is 0 Å². The lowest BCUT2D eigenvalue weighted by atomic mass is 9.79. The van der Waals surface area contributed by atoms with Crippen molar-refractivity contribution in [2.24, 2.45) is 0 Å². The van der Waals surface area contributed by atoms with Crippen molar-refractivity contribution in [3.8, 4) is 6.07 Å². The summed E-state index contributed by atoms with van der Waals surface area (Å²) in [5, 5.41) is 31.3. The Balaban J connectivity index is 2.43. The van der Waals surface area contributed by atoms with Crippen LogP contribution in [0.5, 0.6) is 0 Å². The van der Waals surface area contributed by atoms with E-state index in [4.69, 9.17) is 5.26 Å². The van der Waals surface area contributed by atoms with Gasteiger partial charge in [-0.25, -0.2) is 4.39 Å². The summed E-state index contributed by atoms with van der Waals surface area (Å²) < 4.78 is 13.3. The van der Waals surface area contributed by atoms with Gasteiger partial charge in [-0.3, -0.25) is 0 Å². The molecule has 0 aliphatic carbocycles. The van der Waals surface area contributed by atoms with Gasteiger partial charge in [0.25, 0.3) is 0 Å². The number of aliphatic hydroxyl groups is 2. The number of nitriles is 1. The largest absolute Gasteiger partial charge is 0.389 e. The Morgan fingerprint density at radius 3 is 2.44 bits per heavy atom. The van der Waals surface area contributed by atoms with Gasteiger partial charge in [0.2, 0.25) is 0 Å². The Hall–Kier alpha value is -2.26. The Labute approximate surface area is 147 Å². The van der Waals surface area contributed by atoms with Crippen LogP contribution < -0.4 is 0 Å². The first-order chi connectivity index (χ1) is 11.9. The van der Waals surface area contributed by atoms with Crippen LogP contribution in [0.2, 0.25) is 0 Å². The molecular weight excluding hydrogens is 319 g/mol. The average molecular weight is 342 g/mol. The highest BCUT2D eigenvalue weighted by atomic mass is 19.1. The van der Waals surface area contributed by atoms with Crippen molar-refractivity contribution in [3.63, 3.8) is 0 Å². The standard InChI is InChI=1S/C20H23FN2O2/c1-23(2)12-4-7-19(24)20(25,16-8-10-18(21)11-9-16)17-6-3-5-15(13-17)14-22/h3,5-6,8-11,13,19,24-25H,4,7,12H2,1-2H3. The van der Waals surface area contributed by atoms with Gasteiger partial charge in [-0.05, 0) is 68.9 Å². The molecule has 2 aromatic rings. The molecular formula is C20H23FN2O2. The maximum atomic E-state index is 13.3. The molecule has 2 N–H and O–H groups in total. The van der Waals surface area contributed by atoms with Gasteiger partial charge in [0.15, 0.2) is 0 Å². The number of halogens is 1. The third-order valence-corrected chi connectivity index (χ3v) is 4.28. The molecule has 4 nitrogen and oxygen atoms in total. The van der Waals surface area contributed by atoms with Crippen LogP contribution in [-0.2, 0) is 5.60 Å². The second kappa shape index (κ2) is 8.21. The molecule has 132 valence electrons. The van der Waals surface area contributed by atoms with E-state index in [2.05, 4.69) is 0 Å². The highest BCUT2D eigenvalue weighted by Crippen LogP contribution is 2.35. The fourth-order valence-corrected chi connectivity index (χ4v) is 2.89. The normalized spacial score (nSPS) is 14.8. The van der Waals surface area contributed by atoms with E-state index in [1.54, 1.807) is 24.3 Å². The van der Waals surface area contributed by atoms with Gasteiger partial charge in [0.1, 0.15) is 11.4 Å². The smallest absolute Gasteiger partial charge is 0.140 e. The first-order valence-corrected chi connectivity index (χ1v) is 8.19. The predicted molar refractivity (Wildman–Crippen MR) is 94.4 cm³/mol. The number of aliphatic hydroxyl groups excluding tert-OH is 1. The molecule has 25 heavy (non-hydrogen) atoms. The molecule has 0 bridgehead atoms. The van der Waals surface area contributed by atoms with E-state index in [9.17, 15) is 14.6 Å². The number of rotatable bonds is 7. The molecule has 0 radical (unpaired) electrons. The van der Waals surface area contributed by atoms with Crippen molar-refractivity contribution in [1.29, 1.82) is 5.26 Å². The molecule has 0 fully saturated rings. The van der Waals surface area contributed by atoms with Crippen LogP contribution >= 0.6 is 0 Å². The van der Waals surface area contributed by atoms with Crippen molar-refractivity contribution in [3.05, 3.63) is 71.0 Å². The molecule has 0 heterocycles. The van der Waals surface area contributed by atoms with Crippen LogP contribution in [0.3, 0.4) is 0 Å². The third-order valence-electron chi connectivity index (χ3n) is 4.28. The van der Waals surface area contributed by atoms with E-state index >= 15 is 0 Å². The van der Waals surface area contributed by atoms with Crippen molar-refractivity contribution in [2.45, 2.75) is 24.5 Å². The number of nitrogens with zero attached hydrogens (tertiary/aromatic N) is 2. The summed E-state index contributed by atoms with van der Waals surface area (Å²) >= 11 is 0. The minimum absolute atomic E-state index is 0.364. The first kappa shape index (κ1) is 19.1. The number of benzene rings is 2. The van der Waals surface area contributed by atoms with Gasteiger partial charge < -0.3 is 15.1 Å². The predicted octanol–water partition coefficient (Wildman–Crippen LogP) is 2.64. The van der Waals surface area contributed by atoms with Crippen molar-refractivity contribution >= 4 is 0 Å². The Kier molecular flexibility index (Phi) is 6.27. The summed E-state index contributed by atoms with van der Waals surface area (Å²) in [5.74, 6) is -0.418. The van der Waals surface area contributed by atoms with Crippen LogP contribution in [-0.4, -0.2) is 41.9 Å². The molecule has 2 aromatic carbocycles. The number of hydrogen-bond acceptors (Lipinski definition) is 4. The van der Waals surface area contributed by atoms with Crippen molar-refractivity contribution in [1.82, 2.24) is 4.90 Å². The molecule has 2 unspecified atom stereocenters. The van der Waals surface area contributed by atoms with Gasteiger partial charge in [-0.2, -0.15) is 5.26 Å². The zero-order valence-electron chi connectivity index (χ0n) is 14.5. The van der Waals surface area contributed by atoms with Crippen LogP contribution in [0, 0.1) is 17.1 Å². The third kappa shape index (κ3) is 4.43.